The molecule has 0 bridgehead atoms. The van der Waals surface area contributed by atoms with Crippen molar-refractivity contribution in [2.75, 3.05) is 19.5 Å². The van der Waals surface area contributed by atoms with E-state index in [0.717, 1.165) is 13.0 Å². The van der Waals surface area contributed by atoms with Gasteiger partial charge in [0.15, 0.2) is 0 Å². The zero-order chi connectivity index (χ0) is 12.0. The molecule has 0 spiro atoms. The Labute approximate surface area is 102 Å². The van der Waals surface area contributed by atoms with Gasteiger partial charge in [0.1, 0.15) is 0 Å². The van der Waals surface area contributed by atoms with Crippen molar-refractivity contribution < 1.29 is 4.79 Å². The van der Waals surface area contributed by atoms with Gasteiger partial charge >= 0.3 is 0 Å². The number of benzene rings is 1. The molecule has 0 saturated carbocycles. The van der Waals surface area contributed by atoms with E-state index in [1.54, 1.807) is 4.90 Å². The Bertz CT molecular complexity index is 326. The van der Waals surface area contributed by atoms with Gasteiger partial charge in [0.2, 0.25) is 5.91 Å². The van der Waals surface area contributed by atoms with Crippen LogP contribution in [0.15, 0.2) is 30.3 Å². The highest BCUT2D eigenvalue weighted by Crippen LogP contribution is 2.05. The van der Waals surface area contributed by atoms with Crippen molar-refractivity contribution in [2.45, 2.75) is 13.3 Å². The van der Waals surface area contributed by atoms with Crippen LogP contribution in [0.1, 0.15) is 12.5 Å². The molecule has 2 nitrogen and oxygen atoms in total. The maximum atomic E-state index is 11.7. The fourth-order valence-electron chi connectivity index (χ4n) is 1.49. The Kier molecular flexibility index (Phi) is 5.33. The molecule has 1 atom stereocenters. The summed E-state index contributed by atoms with van der Waals surface area (Å²) in [5, 5.41) is 0. The van der Waals surface area contributed by atoms with E-state index in [-0.39, 0.29) is 11.8 Å². The molecule has 1 aromatic rings. The minimum atomic E-state index is -0.0950. The van der Waals surface area contributed by atoms with Gasteiger partial charge in [-0.3, -0.25) is 4.79 Å². The van der Waals surface area contributed by atoms with Gasteiger partial charge in [0, 0.05) is 25.4 Å². The standard InChI is InChI=1S/C13H18ClNO/c1-11(10-14)13(16)15(2)9-8-12-6-4-3-5-7-12/h3-7,11H,8-10H2,1-2H3. The van der Waals surface area contributed by atoms with Gasteiger partial charge in [-0.2, -0.15) is 0 Å². The molecule has 1 aromatic carbocycles. The molecule has 1 unspecified atom stereocenters. The average Bonchev–Trinajstić information content (AvgIpc) is 2.35. The molecular formula is C13H18ClNO. The van der Waals surface area contributed by atoms with Crippen molar-refractivity contribution in [2.24, 2.45) is 5.92 Å². The van der Waals surface area contributed by atoms with Crippen molar-refractivity contribution in [3.8, 4) is 0 Å². The minimum absolute atomic E-state index is 0.0950. The van der Waals surface area contributed by atoms with Gasteiger partial charge in [-0.05, 0) is 12.0 Å². The first-order chi connectivity index (χ1) is 7.65. The second kappa shape index (κ2) is 6.54. The maximum absolute atomic E-state index is 11.7. The quantitative estimate of drug-likeness (QED) is 0.724. The van der Waals surface area contributed by atoms with Crippen LogP contribution in [-0.2, 0) is 11.2 Å². The Hall–Kier alpha value is -1.02. The number of amides is 1. The molecule has 0 fully saturated rings. The highest BCUT2D eigenvalue weighted by Gasteiger charge is 2.15. The van der Waals surface area contributed by atoms with Crippen LogP contribution in [0.5, 0.6) is 0 Å². The molecule has 0 aliphatic heterocycles. The second-order valence-corrected chi connectivity index (χ2v) is 4.36. The van der Waals surface area contributed by atoms with E-state index in [1.807, 2.05) is 32.2 Å². The van der Waals surface area contributed by atoms with Gasteiger partial charge in [0.05, 0.1) is 0 Å². The second-order valence-electron chi connectivity index (χ2n) is 4.05. The lowest BCUT2D eigenvalue weighted by atomic mass is 10.1. The summed E-state index contributed by atoms with van der Waals surface area (Å²) in [6, 6.07) is 10.2. The van der Waals surface area contributed by atoms with Crippen molar-refractivity contribution in [1.29, 1.82) is 0 Å². The topological polar surface area (TPSA) is 20.3 Å². The summed E-state index contributed by atoms with van der Waals surface area (Å²) >= 11 is 5.66. The van der Waals surface area contributed by atoms with E-state index >= 15 is 0 Å². The van der Waals surface area contributed by atoms with Gasteiger partial charge < -0.3 is 4.90 Å². The van der Waals surface area contributed by atoms with Crippen LogP contribution in [-0.4, -0.2) is 30.3 Å². The molecule has 0 heterocycles. The van der Waals surface area contributed by atoms with E-state index < -0.39 is 0 Å². The molecule has 88 valence electrons. The van der Waals surface area contributed by atoms with Crippen LogP contribution >= 0.6 is 11.6 Å². The molecule has 0 aliphatic rings. The number of rotatable bonds is 5. The van der Waals surface area contributed by atoms with Crippen molar-refractivity contribution in [3.63, 3.8) is 0 Å². The third-order valence-corrected chi connectivity index (χ3v) is 3.07. The van der Waals surface area contributed by atoms with Gasteiger partial charge in [0.25, 0.3) is 0 Å². The van der Waals surface area contributed by atoms with Crippen molar-refractivity contribution in [1.82, 2.24) is 4.90 Å². The predicted molar refractivity (Wildman–Crippen MR) is 67.7 cm³/mol. The largest absolute Gasteiger partial charge is 0.345 e. The summed E-state index contributed by atoms with van der Waals surface area (Å²) in [6.45, 7) is 2.60. The highest BCUT2D eigenvalue weighted by molar-refractivity contribution is 6.19. The highest BCUT2D eigenvalue weighted by atomic mass is 35.5. The van der Waals surface area contributed by atoms with Crippen LogP contribution in [0.2, 0.25) is 0 Å². The van der Waals surface area contributed by atoms with Crippen LogP contribution < -0.4 is 0 Å². The SMILES string of the molecule is CC(CCl)C(=O)N(C)CCc1ccccc1. The van der Waals surface area contributed by atoms with Crippen LogP contribution in [0.3, 0.4) is 0 Å². The number of alkyl halides is 1. The van der Waals surface area contributed by atoms with Gasteiger partial charge in [-0.1, -0.05) is 37.3 Å². The Morgan fingerprint density at radius 2 is 2.00 bits per heavy atom. The fraction of sp³-hybridized carbons (Fsp3) is 0.462. The van der Waals surface area contributed by atoms with E-state index in [4.69, 9.17) is 11.6 Å². The smallest absolute Gasteiger partial charge is 0.226 e. The molecule has 1 amide bonds. The average molecular weight is 240 g/mol. The minimum Gasteiger partial charge on any atom is -0.345 e. The Morgan fingerprint density at radius 3 is 2.56 bits per heavy atom. The number of likely N-dealkylation sites (N-methyl/N-ethyl adjacent to an activating group) is 1. The molecule has 0 aromatic heterocycles. The zero-order valence-electron chi connectivity index (χ0n) is 9.82. The van der Waals surface area contributed by atoms with Crippen molar-refractivity contribution in [3.05, 3.63) is 35.9 Å². The molecule has 0 aliphatic carbocycles. The van der Waals surface area contributed by atoms with E-state index in [2.05, 4.69) is 12.1 Å². The molecule has 3 heteroatoms. The number of halogens is 1. The number of carbonyl (C=O) groups is 1. The van der Waals surface area contributed by atoms with E-state index in [9.17, 15) is 4.79 Å². The summed E-state index contributed by atoms with van der Waals surface area (Å²) in [7, 11) is 1.83. The number of hydrogen-bond acceptors (Lipinski definition) is 1. The molecule has 1 rings (SSSR count). The molecule has 16 heavy (non-hydrogen) atoms. The molecule has 0 saturated heterocycles. The summed E-state index contributed by atoms with van der Waals surface area (Å²) in [4.78, 5) is 13.5. The lowest BCUT2D eigenvalue weighted by Gasteiger charge is -2.20. The van der Waals surface area contributed by atoms with E-state index in [1.165, 1.54) is 5.56 Å². The van der Waals surface area contributed by atoms with Crippen molar-refractivity contribution >= 4 is 17.5 Å². The van der Waals surface area contributed by atoms with Gasteiger partial charge in [-0.15, -0.1) is 11.6 Å². The first-order valence-electron chi connectivity index (χ1n) is 5.50. The predicted octanol–water partition coefficient (Wildman–Crippen LogP) is 2.56. The Balaban J connectivity index is 2.41. The van der Waals surface area contributed by atoms with Crippen LogP contribution in [0.25, 0.3) is 0 Å². The maximum Gasteiger partial charge on any atom is 0.226 e. The number of nitrogens with zero attached hydrogens (tertiary/aromatic N) is 1. The summed E-state index contributed by atoms with van der Waals surface area (Å²) in [5.74, 6) is 0.405. The van der Waals surface area contributed by atoms with E-state index in [0.29, 0.717) is 5.88 Å². The van der Waals surface area contributed by atoms with Gasteiger partial charge in [-0.25, -0.2) is 0 Å². The normalized spacial score (nSPS) is 12.2. The fourth-order valence-corrected chi connectivity index (χ4v) is 1.63. The third kappa shape index (κ3) is 3.86. The molecular weight excluding hydrogens is 222 g/mol. The first kappa shape index (κ1) is 13.0. The molecule has 0 radical (unpaired) electrons. The number of hydrogen-bond donors (Lipinski definition) is 0. The lowest BCUT2D eigenvalue weighted by Crippen LogP contribution is -2.33. The summed E-state index contributed by atoms with van der Waals surface area (Å²) in [5.41, 5.74) is 1.25. The lowest BCUT2D eigenvalue weighted by molar-refractivity contribution is -0.132. The summed E-state index contributed by atoms with van der Waals surface area (Å²) in [6.07, 6.45) is 0.887. The zero-order valence-corrected chi connectivity index (χ0v) is 10.6. The van der Waals surface area contributed by atoms with Crippen LogP contribution in [0, 0.1) is 5.92 Å². The Morgan fingerprint density at radius 1 is 1.38 bits per heavy atom. The first-order valence-corrected chi connectivity index (χ1v) is 6.03. The monoisotopic (exact) mass is 239 g/mol. The van der Waals surface area contributed by atoms with Crippen LogP contribution in [0.4, 0.5) is 0 Å². The summed E-state index contributed by atoms with van der Waals surface area (Å²) < 4.78 is 0. The third-order valence-electron chi connectivity index (χ3n) is 2.61. The molecule has 0 N–H and O–H groups in total. The number of carbonyl (C=O) groups excluding carboxylic acids is 1.